The summed E-state index contributed by atoms with van der Waals surface area (Å²) in [5.74, 6) is -1.01. The number of amides is 1. The molecule has 7 heteroatoms. The van der Waals surface area contributed by atoms with Crippen LogP contribution in [0.25, 0.3) is 0 Å². The fourth-order valence-electron chi connectivity index (χ4n) is 1.38. The average Bonchev–Trinajstić information content (AvgIpc) is 2.79. The van der Waals surface area contributed by atoms with Gasteiger partial charge in [-0.1, -0.05) is 17.7 Å². The van der Waals surface area contributed by atoms with Gasteiger partial charge in [-0.25, -0.2) is 9.82 Å². The summed E-state index contributed by atoms with van der Waals surface area (Å²) < 4.78 is 13.4. The van der Waals surface area contributed by atoms with Gasteiger partial charge >= 0.3 is 0 Å². The van der Waals surface area contributed by atoms with Crippen LogP contribution in [0.3, 0.4) is 0 Å². The van der Waals surface area contributed by atoms with Crippen molar-refractivity contribution in [2.75, 3.05) is 0 Å². The number of nitrogens with one attached hydrogen (secondary N) is 2. The monoisotopic (exact) mass is 280 g/mol. The van der Waals surface area contributed by atoms with Gasteiger partial charge in [0.15, 0.2) is 5.69 Å². The van der Waals surface area contributed by atoms with Gasteiger partial charge < -0.3 is 0 Å². The van der Waals surface area contributed by atoms with Gasteiger partial charge in [0.05, 0.1) is 11.2 Å². The third kappa shape index (κ3) is 3.17. The van der Waals surface area contributed by atoms with Crippen molar-refractivity contribution in [1.82, 2.24) is 15.6 Å². The molecule has 2 N–H and O–H groups in total. The molecule has 1 heterocycles. The number of aromatic nitrogens is 2. The second-order valence-corrected chi connectivity index (χ2v) is 4.18. The summed E-state index contributed by atoms with van der Waals surface area (Å²) in [7, 11) is 0. The summed E-state index contributed by atoms with van der Waals surface area (Å²) in [5, 5.41) is 10.3. The first-order chi connectivity index (χ1) is 9.08. The quantitative estimate of drug-likeness (QED) is 0.669. The van der Waals surface area contributed by atoms with Crippen molar-refractivity contribution in [3.8, 4) is 0 Å². The van der Waals surface area contributed by atoms with Crippen molar-refractivity contribution in [1.29, 1.82) is 0 Å². The molecule has 2 aromatic rings. The highest BCUT2D eigenvalue weighted by Gasteiger charge is 2.08. The van der Waals surface area contributed by atoms with Crippen LogP contribution in [0.5, 0.6) is 0 Å². The Morgan fingerprint density at radius 3 is 3.00 bits per heavy atom. The predicted molar refractivity (Wildman–Crippen MR) is 69.8 cm³/mol. The highest BCUT2D eigenvalue weighted by atomic mass is 35.5. The van der Waals surface area contributed by atoms with Crippen molar-refractivity contribution < 1.29 is 9.18 Å². The fourth-order valence-corrected chi connectivity index (χ4v) is 1.59. The van der Waals surface area contributed by atoms with Crippen LogP contribution in [0.15, 0.2) is 29.4 Å². The van der Waals surface area contributed by atoms with Crippen molar-refractivity contribution in [3.63, 3.8) is 0 Å². The van der Waals surface area contributed by atoms with Gasteiger partial charge in [-0.2, -0.15) is 10.2 Å². The molecule has 1 aromatic heterocycles. The number of hydrazone groups is 1. The van der Waals surface area contributed by atoms with Gasteiger partial charge in [-0.15, -0.1) is 0 Å². The molecule has 0 aliphatic carbocycles. The minimum absolute atomic E-state index is 0.114. The predicted octanol–water partition coefficient (Wildman–Crippen LogP) is 2.27. The van der Waals surface area contributed by atoms with Crippen LogP contribution in [0.2, 0.25) is 5.02 Å². The van der Waals surface area contributed by atoms with Crippen molar-refractivity contribution in [3.05, 3.63) is 52.1 Å². The summed E-state index contributed by atoms with van der Waals surface area (Å²) in [6, 6.07) is 5.85. The van der Waals surface area contributed by atoms with E-state index >= 15 is 0 Å². The molecule has 1 aromatic carbocycles. The molecule has 1 amide bonds. The lowest BCUT2D eigenvalue weighted by molar-refractivity contribution is 0.0950. The SMILES string of the molecule is Cc1cc(C(=O)NN=Cc2c(F)cccc2Cl)n[nH]1. The standard InChI is InChI=1S/C12H10ClFN4O/c1-7-5-11(17-16-7)12(19)18-15-6-8-9(13)3-2-4-10(8)14/h2-6H,1H3,(H,16,17)(H,18,19). The number of aryl methyl sites for hydroxylation is 1. The molecule has 0 radical (unpaired) electrons. The van der Waals surface area contributed by atoms with E-state index in [0.29, 0.717) is 0 Å². The van der Waals surface area contributed by atoms with Gasteiger partial charge in [0.2, 0.25) is 0 Å². The second-order valence-electron chi connectivity index (χ2n) is 3.77. The minimum Gasteiger partial charge on any atom is -0.282 e. The van der Waals surface area contributed by atoms with Crippen LogP contribution in [0.1, 0.15) is 21.7 Å². The second kappa shape index (κ2) is 5.62. The maximum Gasteiger partial charge on any atom is 0.291 e. The lowest BCUT2D eigenvalue weighted by Gasteiger charge is -1.99. The highest BCUT2D eigenvalue weighted by molar-refractivity contribution is 6.33. The number of hydrogen-bond acceptors (Lipinski definition) is 3. The molecule has 0 bridgehead atoms. The Morgan fingerprint density at radius 2 is 2.37 bits per heavy atom. The number of H-pyrrole nitrogens is 1. The topological polar surface area (TPSA) is 70.1 Å². The number of rotatable bonds is 3. The molecule has 0 aliphatic rings. The van der Waals surface area contributed by atoms with Crippen LogP contribution in [0, 0.1) is 12.7 Å². The number of nitrogens with zero attached hydrogens (tertiary/aromatic N) is 2. The molecule has 0 spiro atoms. The average molecular weight is 281 g/mol. The zero-order valence-corrected chi connectivity index (χ0v) is 10.7. The van der Waals surface area contributed by atoms with E-state index in [1.54, 1.807) is 13.0 Å². The molecule has 98 valence electrons. The number of benzene rings is 1. The third-order valence-corrected chi connectivity index (χ3v) is 2.63. The van der Waals surface area contributed by atoms with E-state index in [1.165, 1.54) is 18.2 Å². The van der Waals surface area contributed by atoms with Crippen LogP contribution in [0.4, 0.5) is 4.39 Å². The molecule has 0 saturated heterocycles. The smallest absolute Gasteiger partial charge is 0.282 e. The zero-order valence-electron chi connectivity index (χ0n) is 9.95. The number of halogens is 2. The third-order valence-electron chi connectivity index (χ3n) is 2.30. The summed E-state index contributed by atoms with van der Waals surface area (Å²) in [6.07, 6.45) is 1.15. The number of aromatic amines is 1. The van der Waals surface area contributed by atoms with Gasteiger partial charge in [0, 0.05) is 11.3 Å². The van der Waals surface area contributed by atoms with Crippen LogP contribution in [-0.2, 0) is 0 Å². The van der Waals surface area contributed by atoms with Crippen molar-refractivity contribution in [2.24, 2.45) is 5.10 Å². The van der Waals surface area contributed by atoms with E-state index in [1.807, 2.05) is 0 Å². The molecule has 0 aliphatic heterocycles. The van der Waals surface area contributed by atoms with Gasteiger partial charge in [-0.05, 0) is 25.1 Å². The fraction of sp³-hybridized carbons (Fsp3) is 0.0833. The van der Waals surface area contributed by atoms with E-state index in [2.05, 4.69) is 20.7 Å². The summed E-state index contributed by atoms with van der Waals surface area (Å²) in [5.41, 5.74) is 3.31. The van der Waals surface area contributed by atoms with Crippen LogP contribution < -0.4 is 5.43 Å². The van der Waals surface area contributed by atoms with E-state index in [-0.39, 0.29) is 16.3 Å². The lowest BCUT2D eigenvalue weighted by Crippen LogP contribution is -2.18. The van der Waals surface area contributed by atoms with Gasteiger partial charge in [0.1, 0.15) is 5.82 Å². The number of carbonyl (C=O) groups excluding carboxylic acids is 1. The van der Waals surface area contributed by atoms with E-state index in [9.17, 15) is 9.18 Å². The Labute approximate surface area is 113 Å². The first-order valence-electron chi connectivity index (χ1n) is 5.37. The van der Waals surface area contributed by atoms with Crippen molar-refractivity contribution in [2.45, 2.75) is 6.92 Å². The van der Waals surface area contributed by atoms with E-state index in [4.69, 9.17) is 11.6 Å². The molecule has 0 fully saturated rings. The summed E-state index contributed by atoms with van der Waals surface area (Å²) >= 11 is 5.80. The maximum absolute atomic E-state index is 13.4. The Bertz CT molecular complexity index is 618. The van der Waals surface area contributed by atoms with Gasteiger partial charge in [0.25, 0.3) is 5.91 Å². The summed E-state index contributed by atoms with van der Waals surface area (Å²) in [4.78, 5) is 11.6. The van der Waals surface area contributed by atoms with E-state index < -0.39 is 11.7 Å². The molecule has 0 saturated carbocycles. The number of carbonyl (C=O) groups is 1. The van der Waals surface area contributed by atoms with Crippen LogP contribution in [-0.4, -0.2) is 22.3 Å². The minimum atomic E-state index is -0.513. The molecule has 0 atom stereocenters. The van der Waals surface area contributed by atoms with E-state index in [0.717, 1.165) is 11.9 Å². The molecule has 2 rings (SSSR count). The normalized spacial score (nSPS) is 10.9. The Kier molecular flexibility index (Phi) is 3.91. The number of hydrogen-bond donors (Lipinski definition) is 2. The zero-order chi connectivity index (χ0) is 13.8. The van der Waals surface area contributed by atoms with Crippen LogP contribution >= 0.6 is 11.6 Å². The molecular formula is C12H10ClFN4O. The first-order valence-corrected chi connectivity index (χ1v) is 5.75. The highest BCUT2D eigenvalue weighted by Crippen LogP contribution is 2.16. The molecule has 19 heavy (non-hydrogen) atoms. The maximum atomic E-state index is 13.4. The Hall–Kier alpha value is -2.21. The molecule has 0 unspecified atom stereocenters. The largest absolute Gasteiger partial charge is 0.291 e. The summed E-state index contributed by atoms with van der Waals surface area (Å²) in [6.45, 7) is 1.77. The first kappa shape index (κ1) is 13.2. The molecule has 5 nitrogen and oxygen atoms in total. The van der Waals surface area contributed by atoms with Crippen molar-refractivity contribution >= 4 is 23.7 Å². The Balaban J connectivity index is 2.06. The van der Waals surface area contributed by atoms with Gasteiger partial charge in [-0.3, -0.25) is 9.89 Å². The Morgan fingerprint density at radius 1 is 1.58 bits per heavy atom. The lowest BCUT2D eigenvalue weighted by atomic mass is 10.2. The molecular weight excluding hydrogens is 271 g/mol.